The van der Waals surface area contributed by atoms with Crippen molar-refractivity contribution < 1.29 is 9.90 Å². The average molecular weight is 280 g/mol. The number of nitrogens with zero attached hydrogens (tertiary/aromatic N) is 2. The van der Waals surface area contributed by atoms with E-state index >= 15 is 0 Å². The van der Waals surface area contributed by atoms with Gasteiger partial charge in [0.15, 0.2) is 0 Å². The van der Waals surface area contributed by atoms with Gasteiger partial charge in [-0.3, -0.25) is 14.2 Å². The molecule has 1 aromatic carbocycles. The van der Waals surface area contributed by atoms with Gasteiger partial charge in [-0.2, -0.15) is 0 Å². The van der Waals surface area contributed by atoms with E-state index in [2.05, 4.69) is 4.98 Å². The van der Waals surface area contributed by atoms with Crippen LogP contribution in [0, 0.1) is 0 Å². The van der Waals surface area contributed by atoms with Crippen molar-refractivity contribution in [3.8, 4) is 11.4 Å². The maximum atomic E-state index is 11.9. The first kappa shape index (κ1) is 13.1. The van der Waals surface area contributed by atoms with E-state index in [1.807, 2.05) is 0 Å². The normalized spacial score (nSPS) is 10.4. The lowest BCUT2D eigenvalue weighted by Crippen LogP contribution is -2.28. The molecule has 0 fully saturated rings. The predicted molar refractivity (Wildman–Crippen MR) is 71.0 cm³/mol. The van der Waals surface area contributed by atoms with E-state index < -0.39 is 18.1 Å². The Kier molecular flexibility index (Phi) is 3.52. The minimum atomic E-state index is -1.15. The highest BCUT2D eigenvalue weighted by Gasteiger charge is 2.13. The maximum absolute atomic E-state index is 11.9. The minimum absolute atomic E-state index is 0.0982. The van der Waals surface area contributed by atoms with Gasteiger partial charge in [0.1, 0.15) is 18.1 Å². The number of anilines is 1. The fraction of sp³-hybridized carbons (Fsp3) is 0.0833. The molecule has 2 rings (SSSR count). The standard InChI is InChI=1S/C12H10ClN3O3/c13-8-3-1-7(2-4-8)11-15-5-9(14)12(19)16(11)6-10(17)18/h1-5H,6,14H2,(H,17,18). The van der Waals surface area contributed by atoms with Crippen LogP contribution in [-0.4, -0.2) is 20.6 Å². The summed E-state index contributed by atoms with van der Waals surface area (Å²) in [5, 5.41) is 9.38. The van der Waals surface area contributed by atoms with Crippen molar-refractivity contribution in [3.63, 3.8) is 0 Å². The van der Waals surface area contributed by atoms with Crippen LogP contribution < -0.4 is 11.3 Å². The Balaban J connectivity index is 2.62. The minimum Gasteiger partial charge on any atom is -0.480 e. The molecular formula is C12H10ClN3O3. The van der Waals surface area contributed by atoms with Crippen molar-refractivity contribution in [1.82, 2.24) is 9.55 Å². The van der Waals surface area contributed by atoms with E-state index in [0.717, 1.165) is 4.57 Å². The number of nitrogens with two attached hydrogens (primary N) is 1. The second kappa shape index (κ2) is 5.11. The van der Waals surface area contributed by atoms with Crippen LogP contribution in [-0.2, 0) is 11.3 Å². The van der Waals surface area contributed by atoms with Gasteiger partial charge in [0, 0.05) is 10.6 Å². The fourth-order valence-electron chi connectivity index (χ4n) is 1.62. The van der Waals surface area contributed by atoms with E-state index in [0.29, 0.717) is 10.6 Å². The molecule has 0 aliphatic carbocycles. The van der Waals surface area contributed by atoms with Gasteiger partial charge in [0.25, 0.3) is 5.56 Å². The Hall–Kier alpha value is -2.34. The number of aromatic nitrogens is 2. The first-order valence-corrected chi connectivity index (χ1v) is 5.70. The monoisotopic (exact) mass is 279 g/mol. The number of hydrogen-bond donors (Lipinski definition) is 2. The van der Waals surface area contributed by atoms with E-state index in [-0.39, 0.29) is 11.5 Å². The molecule has 0 spiro atoms. The van der Waals surface area contributed by atoms with E-state index in [1.165, 1.54) is 6.20 Å². The van der Waals surface area contributed by atoms with Crippen LogP contribution >= 0.6 is 11.6 Å². The van der Waals surface area contributed by atoms with E-state index in [1.54, 1.807) is 24.3 Å². The van der Waals surface area contributed by atoms with Crippen LogP contribution in [0.2, 0.25) is 5.02 Å². The number of carbonyl (C=O) groups is 1. The third-order valence-corrected chi connectivity index (χ3v) is 2.72. The second-order valence-corrected chi connectivity index (χ2v) is 4.27. The van der Waals surface area contributed by atoms with Crippen LogP contribution in [0.25, 0.3) is 11.4 Å². The van der Waals surface area contributed by atoms with Gasteiger partial charge < -0.3 is 10.8 Å². The summed E-state index contributed by atoms with van der Waals surface area (Å²) in [6.45, 7) is -0.505. The van der Waals surface area contributed by atoms with Crippen LogP contribution in [0.4, 0.5) is 5.69 Å². The van der Waals surface area contributed by atoms with Gasteiger partial charge in [-0.1, -0.05) is 11.6 Å². The number of benzene rings is 1. The number of halogens is 1. The topological polar surface area (TPSA) is 98.2 Å². The molecule has 1 heterocycles. The number of carboxylic acid groups (broad SMARTS) is 1. The van der Waals surface area contributed by atoms with Crippen LogP contribution in [0.5, 0.6) is 0 Å². The number of rotatable bonds is 3. The first-order valence-electron chi connectivity index (χ1n) is 5.32. The predicted octanol–water partition coefficient (Wildman–Crippen LogP) is 1.23. The molecule has 0 atom stereocenters. The summed E-state index contributed by atoms with van der Waals surface area (Å²) in [5.41, 5.74) is 5.36. The van der Waals surface area contributed by atoms with Crippen molar-refractivity contribution in [2.75, 3.05) is 5.73 Å². The molecule has 98 valence electrons. The van der Waals surface area contributed by atoms with Crippen molar-refractivity contribution in [2.45, 2.75) is 6.54 Å². The third kappa shape index (κ3) is 2.74. The number of aliphatic carboxylic acids is 1. The van der Waals surface area contributed by atoms with Gasteiger partial charge >= 0.3 is 5.97 Å². The zero-order valence-electron chi connectivity index (χ0n) is 9.71. The zero-order valence-corrected chi connectivity index (χ0v) is 10.5. The SMILES string of the molecule is Nc1cnc(-c2ccc(Cl)cc2)n(CC(=O)O)c1=O. The largest absolute Gasteiger partial charge is 0.480 e. The molecule has 1 aromatic heterocycles. The molecular weight excluding hydrogens is 270 g/mol. The van der Waals surface area contributed by atoms with Gasteiger partial charge in [0.05, 0.1) is 6.20 Å². The molecule has 7 heteroatoms. The Morgan fingerprint density at radius 3 is 2.58 bits per heavy atom. The lowest BCUT2D eigenvalue weighted by Gasteiger charge is -2.10. The Morgan fingerprint density at radius 2 is 2.00 bits per heavy atom. The van der Waals surface area contributed by atoms with Crippen LogP contribution in [0.15, 0.2) is 35.3 Å². The number of nitrogen functional groups attached to an aromatic ring is 1. The quantitative estimate of drug-likeness (QED) is 0.880. The molecule has 3 N–H and O–H groups in total. The molecule has 0 bridgehead atoms. The summed E-state index contributed by atoms with van der Waals surface area (Å²) in [6.07, 6.45) is 1.21. The van der Waals surface area contributed by atoms with Crippen molar-refractivity contribution >= 4 is 23.3 Å². The highest BCUT2D eigenvalue weighted by molar-refractivity contribution is 6.30. The third-order valence-electron chi connectivity index (χ3n) is 2.47. The lowest BCUT2D eigenvalue weighted by atomic mass is 10.2. The van der Waals surface area contributed by atoms with Gasteiger partial charge in [-0.05, 0) is 24.3 Å². The van der Waals surface area contributed by atoms with E-state index in [9.17, 15) is 9.59 Å². The summed E-state index contributed by atoms with van der Waals surface area (Å²) in [4.78, 5) is 26.7. The van der Waals surface area contributed by atoms with Crippen LogP contribution in [0.3, 0.4) is 0 Å². The van der Waals surface area contributed by atoms with Crippen LogP contribution in [0.1, 0.15) is 0 Å². The first-order chi connectivity index (χ1) is 8.99. The smallest absolute Gasteiger partial charge is 0.323 e. The molecule has 0 saturated heterocycles. The Bertz CT molecular complexity index is 680. The zero-order chi connectivity index (χ0) is 14.0. The van der Waals surface area contributed by atoms with Gasteiger partial charge in [0.2, 0.25) is 0 Å². The highest BCUT2D eigenvalue weighted by atomic mass is 35.5. The van der Waals surface area contributed by atoms with Crippen molar-refractivity contribution in [3.05, 3.63) is 45.8 Å². The van der Waals surface area contributed by atoms with E-state index in [4.69, 9.17) is 22.4 Å². The summed E-state index contributed by atoms with van der Waals surface area (Å²) >= 11 is 5.78. The van der Waals surface area contributed by atoms with Gasteiger partial charge in [-0.15, -0.1) is 0 Å². The molecule has 0 saturated carbocycles. The molecule has 0 unspecified atom stereocenters. The van der Waals surface area contributed by atoms with Crippen molar-refractivity contribution in [2.24, 2.45) is 0 Å². The second-order valence-electron chi connectivity index (χ2n) is 3.83. The van der Waals surface area contributed by atoms with Gasteiger partial charge in [-0.25, -0.2) is 4.98 Å². The number of carboxylic acids is 1. The number of hydrogen-bond acceptors (Lipinski definition) is 4. The molecule has 0 aliphatic heterocycles. The summed E-state index contributed by atoms with van der Waals surface area (Å²) in [7, 11) is 0. The fourth-order valence-corrected chi connectivity index (χ4v) is 1.74. The summed E-state index contributed by atoms with van der Waals surface area (Å²) < 4.78 is 1.01. The molecule has 19 heavy (non-hydrogen) atoms. The summed E-state index contributed by atoms with van der Waals surface area (Å²) in [6, 6.07) is 6.56. The Labute approximate surface area is 113 Å². The Morgan fingerprint density at radius 1 is 1.37 bits per heavy atom. The van der Waals surface area contributed by atoms with Crippen molar-refractivity contribution in [1.29, 1.82) is 0 Å². The molecule has 0 radical (unpaired) electrons. The average Bonchev–Trinajstić information content (AvgIpc) is 2.36. The lowest BCUT2D eigenvalue weighted by molar-refractivity contribution is -0.137. The highest BCUT2D eigenvalue weighted by Crippen LogP contribution is 2.19. The summed E-state index contributed by atoms with van der Waals surface area (Å²) in [5.74, 6) is -0.914. The maximum Gasteiger partial charge on any atom is 0.323 e. The molecule has 0 aliphatic rings. The molecule has 0 amide bonds. The molecule has 6 nitrogen and oxygen atoms in total. The molecule has 2 aromatic rings.